The quantitative estimate of drug-likeness (QED) is 0.631. The van der Waals surface area contributed by atoms with Crippen molar-refractivity contribution in [1.29, 1.82) is 0 Å². The third-order valence-electron chi connectivity index (χ3n) is 5.07. The van der Waals surface area contributed by atoms with Crippen molar-refractivity contribution in [3.63, 3.8) is 0 Å². The summed E-state index contributed by atoms with van der Waals surface area (Å²) in [4.78, 5) is 24.6. The number of aryl methyl sites for hydroxylation is 1. The highest BCUT2D eigenvalue weighted by Gasteiger charge is 2.14. The van der Waals surface area contributed by atoms with E-state index in [0.29, 0.717) is 29.9 Å². The molecule has 1 amide bonds. The second-order valence-electron chi connectivity index (χ2n) is 6.97. The average molecular weight is 379 g/mol. The summed E-state index contributed by atoms with van der Waals surface area (Å²) < 4.78 is 10.6. The lowest BCUT2D eigenvalue weighted by Gasteiger charge is -2.13. The Hall–Kier alpha value is -3.08. The van der Waals surface area contributed by atoms with Crippen molar-refractivity contribution < 1.29 is 13.9 Å². The van der Waals surface area contributed by atoms with E-state index < -0.39 is 5.63 Å². The molecule has 1 aromatic heterocycles. The summed E-state index contributed by atoms with van der Waals surface area (Å²) in [7, 11) is 1.57. The fraction of sp³-hybridized carbons (Fsp3) is 0.304. The minimum atomic E-state index is -0.399. The molecule has 28 heavy (non-hydrogen) atoms. The first kappa shape index (κ1) is 19.7. The monoisotopic (exact) mass is 379 g/mol. The fourth-order valence-electron chi connectivity index (χ4n) is 3.28. The van der Waals surface area contributed by atoms with Gasteiger partial charge >= 0.3 is 5.63 Å². The summed E-state index contributed by atoms with van der Waals surface area (Å²) in [5.41, 5.74) is 2.67. The predicted molar refractivity (Wildman–Crippen MR) is 110 cm³/mol. The molecule has 5 heteroatoms. The molecule has 3 rings (SSSR count). The van der Waals surface area contributed by atoms with Gasteiger partial charge in [-0.05, 0) is 42.5 Å². The van der Waals surface area contributed by atoms with E-state index in [4.69, 9.17) is 9.15 Å². The Labute approximate surface area is 164 Å². The van der Waals surface area contributed by atoms with Crippen LogP contribution in [0.5, 0.6) is 5.75 Å². The summed E-state index contributed by atoms with van der Waals surface area (Å²) in [5, 5.41) is 3.81. The highest BCUT2D eigenvalue weighted by atomic mass is 16.5. The van der Waals surface area contributed by atoms with Gasteiger partial charge in [-0.15, -0.1) is 0 Å². The average Bonchev–Trinajstić information content (AvgIpc) is 2.71. The number of amides is 1. The van der Waals surface area contributed by atoms with E-state index in [1.807, 2.05) is 37.3 Å². The van der Waals surface area contributed by atoms with Crippen molar-refractivity contribution in [3.05, 3.63) is 75.6 Å². The van der Waals surface area contributed by atoms with Gasteiger partial charge in [0, 0.05) is 30.0 Å². The molecule has 0 spiro atoms. The van der Waals surface area contributed by atoms with Crippen LogP contribution in [0.4, 0.5) is 0 Å². The third-order valence-corrected chi connectivity index (χ3v) is 5.07. The number of hydrogen-bond acceptors (Lipinski definition) is 4. The minimum absolute atomic E-state index is 0.0728. The first-order valence-corrected chi connectivity index (χ1v) is 9.41. The van der Waals surface area contributed by atoms with E-state index in [1.165, 1.54) is 5.56 Å². The molecule has 0 aliphatic carbocycles. The Morgan fingerprint density at radius 3 is 2.64 bits per heavy atom. The minimum Gasteiger partial charge on any atom is -0.497 e. The summed E-state index contributed by atoms with van der Waals surface area (Å²) in [6.45, 7) is 4.52. The molecule has 0 saturated carbocycles. The second kappa shape index (κ2) is 8.74. The third kappa shape index (κ3) is 4.42. The van der Waals surface area contributed by atoms with Crippen molar-refractivity contribution in [2.45, 2.75) is 32.6 Å². The van der Waals surface area contributed by atoms with Crippen LogP contribution in [0.3, 0.4) is 0 Å². The maximum Gasteiger partial charge on any atom is 0.339 e. The van der Waals surface area contributed by atoms with Gasteiger partial charge in [-0.3, -0.25) is 4.79 Å². The molecule has 1 N–H and O–H groups in total. The lowest BCUT2D eigenvalue weighted by molar-refractivity contribution is -0.121. The molecule has 1 unspecified atom stereocenters. The molecule has 0 aliphatic heterocycles. The van der Waals surface area contributed by atoms with Gasteiger partial charge in [-0.2, -0.15) is 0 Å². The number of carbonyl (C=O) groups is 1. The van der Waals surface area contributed by atoms with Gasteiger partial charge in [-0.1, -0.05) is 37.3 Å². The zero-order valence-electron chi connectivity index (χ0n) is 16.5. The summed E-state index contributed by atoms with van der Waals surface area (Å²) in [6.07, 6.45) is 0.594. The maximum atomic E-state index is 12.4. The Morgan fingerprint density at radius 1 is 1.18 bits per heavy atom. The first-order chi connectivity index (χ1) is 13.5. The molecule has 2 aromatic carbocycles. The number of hydrogen-bond donors (Lipinski definition) is 1. The lowest BCUT2D eigenvalue weighted by Crippen LogP contribution is -2.28. The van der Waals surface area contributed by atoms with Crippen molar-refractivity contribution in [3.8, 4) is 5.75 Å². The predicted octanol–water partition coefficient (Wildman–Crippen LogP) is 3.96. The molecule has 0 aliphatic rings. The molecule has 5 nitrogen and oxygen atoms in total. The topological polar surface area (TPSA) is 68.5 Å². The van der Waals surface area contributed by atoms with Gasteiger partial charge in [0.25, 0.3) is 0 Å². The van der Waals surface area contributed by atoms with Gasteiger partial charge in [0.05, 0.1) is 7.11 Å². The van der Waals surface area contributed by atoms with Crippen LogP contribution in [0.15, 0.2) is 57.7 Å². The summed E-state index contributed by atoms with van der Waals surface area (Å²) in [5.74, 6) is 0.790. The number of carbonyl (C=O) groups excluding carboxylic acids is 1. The van der Waals surface area contributed by atoms with Crippen LogP contribution >= 0.6 is 0 Å². The van der Waals surface area contributed by atoms with Crippen LogP contribution in [0.25, 0.3) is 11.0 Å². The van der Waals surface area contributed by atoms with Crippen LogP contribution in [0.1, 0.15) is 36.0 Å². The molecule has 146 valence electrons. The van der Waals surface area contributed by atoms with E-state index in [0.717, 1.165) is 10.9 Å². The van der Waals surface area contributed by atoms with E-state index >= 15 is 0 Å². The largest absolute Gasteiger partial charge is 0.497 e. The lowest BCUT2D eigenvalue weighted by atomic mass is 10.0. The number of nitrogens with one attached hydrogen (secondary N) is 1. The van der Waals surface area contributed by atoms with Crippen molar-refractivity contribution >= 4 is 16.9 Å². The Morgan fingerprint density at radius 2 is 1.93 bits per heavy atom. The fourth-order valence-corrected chi connectivity index (χ4v) is 3.28. The highest BCUT2D eigenvalue weighted by Crippen LogP contribution is 2.24. The zero-order chi connectivity index (χ0) is 20.1. The van der Waals surface area contributed by atoms with Crippen LogP contribution < -0.4 is 15.7 Å². The molecular formula is C23H25NO4. The Bertz CT molecular complexity index is 1020. The molecule has 0 radical (unpaired) electrons. The number of benzene rings is 2. The standard InChI is InChI=1S/C23H25NO4/c1-15(17-7-5-4-6-8-17)14-24-22(25)12-11-20-16(2)19-10-9-18(27-3)13-21(19)28-23(20)26/h4-10,13,15H,11-12,14H2,1-3H3,(H,24,25). The molecule has 0 fully saturated rings. The number of fused-ring (bicyclic) bond motifs is 1. The van der Waals surface area contributed by atoms with Crippen molar-refractivity contribution in [1.82, 2.24) is 5.32 Å². The molecular weight excluding hydrogens is 354 g/mol. The normalized spacial score (nSPS) is 12.0. The Kier molecular flexibility index (Phi) is 6.14. The van der Waals surface area contributed by atoms with E-state index in [9.17, 15) is 9.59 Å². The van der Waals surface area contributed by atoms with Crippen LogP contribution in [-0.4, -0.2) is 19.6 Å². The summed E-state index contributed by atoms with van der Waals surface area (Å²) >= 11 is 0. The molecule has 1 heterocycles. The Balaban J connectivity index is 1.64. The number of ether oxygens (including phenoxy) is 1. The van der Waals surface area contributed by atoms with Crippen LogP contribution in [0.2, 0.25) is 0 Å². The first-order valence-electron chi connectivity index (χ1n) is 9.41. The molecule has 1 atom stereocenters. The van der Waals surface area contributed by atoms with Gasteiger partial charge in [0.2, 0.25) is 5.91 Å². The van der Waals surface area contributed by atoms with Crippen molar-refractivity contribution in [2.24, 2.45) is 0 Å². The van der Waals surface area contributed by atoms with Crippen LogP contribution in [-0.2, 0) is 11.2 Å². The number of rotatable bonds is 7. The molecule has 0 bridgehead atoms. The van der Waals surface area contributed by atoms with E-state index in [2.05, 4.69) is 24.4 Å². The van der Waals surface area contributed by atoms with Crippen molar-refractivity contribution in [2.75, 3.05) is 13.7 Å². The SMILES string of the molecule is COc1ccc2c(C)c(CCC(=O)NCC(C)c3ccccc3)c(=O)oc2c1. The van der Waals surface area contributed by atoms with E-state index in [-0.39, 0.29) is 18.2 Å². The summed E-state index contributed by atoms with van der Waals surface area (Å²) in [6, 6.07) is 15.5. The molecule has 0 saturated heterocycles. The zero-order valence-corrected chi connectivity index (χ0v) is 16.5. The number of methoxy groups -OCH3 is 1. The van der Waals surface area contributed by atoms with Gasteiger partial charge in [-0.25, -0.2) is 4.79 Å². The maximum absolute atomic E-state index is 12.4. The molecule has 3 aromatic rings. The highest BCUT2D eigenvalue weighted by molar-refractivity contribution is 5.82. The van der Waals surface area contributed by atoms with E-state index in [1.54, 1.807) is 13.2 Å². The van der Waals surface area contributed by atoms with Gasteiger partial charge < -0.3 is 14.5 Å². The van der Waals surface area contributed by atoms with Gasteiger partial charge in [0.15, 0.2) is 0 Å². The van der Waals surface area contributed by atoms with Crippen LogP contribution in [0, 0.1) is 6.92 Å². The second-order valence-corrected chi connectivity index (χ2v) is 6.97. The van der Waals surface area contributed by atoms with Gasteiger partial charge in [0.1, 0.15) is 11.3 Å². The smallest absolute Gasteiger partial charge is 0.339 e.